The summed E-state index contributed by atoms with van der Waals surface area (Å²) in [5.74, 6) is 0. The number of aromatic nitrogens is 1. The molecule has 0 aliphatic carbocycles. The Bertz CT molecular complexity index is 997. The first kappa shape index (κ1) is 18.1. The highest BCUT2D eigenvalue weighted by atomic mass is 32.1. The lowest BCUT2D eigenvalue weighted by molar-refractivity contribution is -0.384. The topological polar surface area (TPSA) is 83.7 Å². The van der Waals surface area contributed by atoms with E-state index in [0.717, 1.165) is 37.2 Å². The van der Waals surface area contributed by atoms with Crippen LogP contribution in [-0.4, -0.2) is 29.2 Å². The van der Waals surface area contributed by atoms with E-state index in [1.54, 1.807) is 12.3 Å². The van der Waals surface area contributed by atoms with Crippen molar-refractivity contribution in [3.63, 3.8) is 0 Å². The van der Waals surface area contributed by atoms with Crippen LogP contribution in [0.2, 0.25) is 0 Å². The molecule has 0 radical (unpaired) electrons. The van der Waals surface area contributed by atoms with Crippen molar-refractivity contribution in [3.8, 4) is 11.3 Å². The fourth-order valence-electron chi connectivity index (χ4n) is 3.22. The third-order valence-corrected chi connectivity index (χ3v) is 5.34. The molecule has 0 saturated carbocycles. The molecule has 1 saturated heterocycles. The molecule has 1 aliphatic heterocycles. The number of benzene rings is 2. The summed E-state index contributed by atoms with van der Waals surface area (Å²) in [4.78, 5) is 17.7. The highest BCUT2D eigenvalue weighted by molar-refractivity contribution is 7.14. The van der Waals surface area contributed by atoms with Crippen molar-refractivity contribution in [2.75, 3.05) is 23.4 Å². The van der Waals surface area contributed by atoms with E-state index in [4.69, 9.17) is 0 Å². The summed E-state index contributed by atoms with van der Waals surface area (Å²) >= 11 is 1.46. The molecule has 3 aromatic rings. The molecule has 0 spiro atoms. The minimum Gasteiger partial charge on any atom is -0.366 e. The van der Waals surface area contributed by atoms with Crippen molar-refractivity contribution >= 4 is 34.1 Å². The summed E-state index contributed by atoms with van der Waals surface area (Å²) in [7, 11) is 0. The van der Waals surface area contributed by atoms with E-state index in [1.165, 1.54) is 11.3 Å². The Morgan fingerprint density at radius 1 is 1.18 bits per heavy atom. The van der Waals surface area contributed by atoms with Gasteiger partial charge >= 0.3 is 0 Å². The van der Waals surface area contributed by atoms with Crippen LogP contribution in [0, 0.1) is 10.1 Å². The zero-order valence-electron chi connectivity index (χ0n) is 15.1. The zero-order chi connectivity index (χ0) is 19.3. The van der Waals surface area contributed by atoms with Crippen LogP contribution in [0.4, 0.5) is 16.5 Å². The summed E-state index contributed by atoms with van der Waals surface area (Å²) in [6.07, 6.45) is 3.72. The van der Waals surface area contributed by atoms with Gasteiger partial charge in [-0.15, -0.1) is 11.3 Å². The molecular formula is C20H19N5O2S. The van der Waals surface area contributed by atoms with E-state index in [0.29, 0.717) is 16.4 Å². The fraction of sp³-hybridized carbons (Fsp3) is 0.200. The Morgan fingerprint density at radius 3 is 2.71 bits per heavy atom. The summed E-state index contributed by atoms with van der Waals surface area (Å²) in [6, 6.07) is 15.1. The van der Waals surface area contributed by atoms with Crippen molar-refractivity contribution in [2.24, 2.45) is 5.10 Å². The molecule has 1 aromatic heterocycles. The Balaban J connectivity index is 1.47. The molecule has 0 atom stereocenters. The van der Waals surface area contributed by atoms with E-state index in [1.807, 2.05) is 47.8 Å². The quantitative estimate of drug-likeness (QED) is 0.371. The van der Waals surface area contributed by atoms with Gasteiger partial charge in [0.05, 0.1) is 16.8 Å². The number of nitro groups is 1. The molecule has 2 aromatic carbocycles. The van der Waals surface area contributed by atoms with Crippen LogP contribution in [0.25, 0.3) is 11.3 Å². The molecule has 8 heteroatoms. The maximum absolute atomic E-state index is 11.5. The SMILES string of the molecule is O=[N+]([O-])c1cc(C=NNc2nc(-c3ccccc3)cs2)ccc1N1CCCC1. The van der Waals surface area contributed by atoms with Crippen molar-refractivity contribution < 1.29 is 4.92 Å². The molecule has 142 valence electrons. The Morgan fingerprint density at radius 2 is 1.96 bits per heavy atom. The first-order valence-corrected chi connectivity index (χ1v) is 9.92. The Hall–Kier alpha value is -3.26. The molecule has 2 heterocycles. The molecule has 7 nitrogen and oxygen atoms in total. The van der Waals surface area contributed by atoms with E-state index in [2.05, 4.69) is 20.4 Å². The normalized spacial score (nSPS) is 13.9. The van der Waals surface area contributed by atoms with Gasteiger partial charge in [-0.3, -0.25) is 15.5 Å². The number of nitro benzene ring substituents is 1. The molecule has 0 bridgehead atoms. The number of anilines is 2. The number of thiazole rings is 1. The van der Waals surface area contributed by atoms with E-state index in [-0.39, 0.29) is 10.6 Å². The third kappa shape index (κ3) is 4.01. The number of hydrogen-bond acceptors (Lipinski definition) is 7. The summed E-state index contributed by atoms with van der Waals surface area (Å²) in [5, 5.41) is 18.3. The average Bonchev–Trinajstić information content (AvgIpc) is 3.41. The highest BCUT2D eigenvalue weighted by Gasteiger charge is 2.22. The van der Waals surface area contributed by atoms with Gasteiger partial charge in [0, 0.05) is 35.7 Å². The number of hydrogen-bond donors (Lipinski definition) is 1. The van der Waals surface area contributed by atoms with Gasteiger partial charge in [-0.1, -0.05) is 36.4 Å². The average molecular weight is 393 g/mol. The van der Waals surface area contributed by atoms with Gasteiger partial charge < -0.3 is 4.90 Å². The van der Waals surface area contributed by atoms with Crippen LogP contribution in [0.3, 0.4) is 0 Å². The van der Waals surface area contributed by atoms with Crippen LogP contribution in [0.15, 0.2) is 59.0 Å². The lowest BCUT2D eigenvalue weighted by atomic mass is 10.1. The van der Waals surface area contributed by atoms with E-state index < -0.39 is 0 Å². The Labute approximate surface area is 166 Å². The molecular weight excluding hydrogens is 374 g/mol. The van der Waals surface area contributed by atoms with Gasteiger partial charge in [0.2, 0.25) is 5.13 Å². The van der Waals surface area contributed by atoms with E-state index >= 15 is 0 Å². The molecule has 0 amide bonds. The van der Waals surface area contributed by atoms with Crippen LogP contribution >= 0.6 is 11.3 Å². The molecule has 4 rings (SSSR count). The number of rotatable bonds is 6. The predicted octanol–water partition coefficient (Wildman–Crippen LogP) is 4.76. The second-order valence-corrected chi connectivity index (χ2v) is 7.33. The van der Waals surface area contributed by atoms with Gasteiger partial charge in [-0.25, -0.2) is 4.98 Å². The van der Waals surface area contributed by atoms with Crippen molar-refractivity contribution in [1.29, 1.82) is 0 Å². The Kier molecular flexibility index (Phi) is 5.29. The van der Waals surface area contributed by atoms with Crippen LogP contribution < -0.4 is 10.3 Å². The van der Waals surface area contributed by atoms with Crippen LogP contribution in [-0.2, 0) is 0 Å². The third-order valence-electron chi connectivity index (χ3n) is 4.59. The first-order valence-electron chi connectivity index (χ1n) is 9.04. The maximum atomic E-state index is 11.5. The van der Waals surface area contributed by atoms with Gasteiger partial charge in [0.15, 0.2) is 0 Å². The summed E-state index contributed by atoms with van der Waals surface area (Å²) < 4.78 is 0. The fourth-order valence-corrected chi connectivity index (χ4v) is 3.89. The van der Waals surface area contributed by atoms with Gasteiger partial charge in [0.1, 0.15) is 5.69 Å². The van der Waals surface area contributed by atoms with Gasteiger partial charge in [-0.05, 0) is 18.9 Å². The number of nitrogens with one attached hydrogen (secondary N) is 1. The van der Waals surface area contributed by atoms with Crippen molar-refractivity contribution in [1.82, 2.24) is 4.98 Å². The number of hydrazone groups is 1. The predicted molar refractivity (Wildman–Crippen MR) is 113 cm³/mol. The number of nitrogens with zero attached hydrogens (tertiary/aromatic N) is 4. The summed E-state index contributed by atoms with van der Waals surface area (Å²) in [6.45, 7) is 1.73. The minimum atomic E-state index is -0.328. The zero-order valence-corrected chi connectivity index (χ0v) is 15.9. The monoisotopic (exact) mass is 393 g/mol. The second-order valence-electron chi connectivity index (χ2n) is 6.47. The maximum Gasteiger partial charge on any atom is 0.293 e. The van der Waals surface area contributed by atoms with Crippen molar-refractivity contribution in [2.45, 2.75) is 12.8 Å². The van der Waals surface area contributed by atoms with Crippen LogP contribution in [0.5, 0.6) is 0 Å². The highest BCUT2D eigenvalue weighted by Crippen LogP contribution is 2.31. The second kappa shape index (κ2) is 8.18. The van der Waals surface area contributed by atoms with Crippen LogP contribution in [0.1, 0.15) is 18.4 Å². The van der Waals surface area contributed by atoms with Gasteiger partial charge in [-0.2, -0.15) is 5.10 Å². The molecule has 1 N–H and O–H groups in total. The first-order chi connectivity index (χ1) is 13.7. The molecule has 1 aliphatic rings. The molecule has 0 unspecified atom stereocenters. The lowest BCUT2D eigenvalue weighted by Gasteiger charge is -2.17. The van der Waals surface area contributed by atoms with Crippen molar-refractivity contribution in [3.05, 3.63) is 69.6 Å². The largest absolute Gasteiger partial charge is 0.366 e. The van der Waals surface area contributed by atoms with Gasteiger partial charge in [0.25, 0.3) is 5.69 Å². The minimum absolute atomic E-state index is 0.117. The molecule has 28 heavy (non-hydrogen) atoms. The smallest absolute Gasteiger partial charge is 0.293 e. The standard InChI is InChI=1S/C20H19N5O2S/c26-25(27)19-12-15(8-9-18(19)24-10-4-5-11-24)13-21-23-20-22-17(14-28-20)16-6-2-1-3-7-16/h1-3,6-9,12-14H,4-5,10-11H2,(H,22,23). The molecule has 1 fully saturated rings. The lowest BCUT2D eigenvalue weighted by Crippen LogP contribution is -2.18. The van der Waals surface area contributed by atoms with E-state index in [9.17, 15) is 10.1 Å². The summed E-state index contributed by atoms with van der Waals surface area (Å²) in [5.41, 5.74) is 6.29.